The number of benzene rings is 4. The van der Waals surface area contributed by atoms with Gasteiger partial charge in [0.05, 0.1) is 17.4 Å². The van der Waals surface area contributed by atoms with Crippen LogP contribution in [0, 0.1) is 0 Å². The number of carboxylic acids is 1. The molecule has 0 fully saturated rings. The van der Waals surface area contributed by atoms with E-state index in [0.29, 0.717) is 5.82 Å². The van der Waals surface area contributed by atoms with Crippen LogP contribution >= 0.6 is 0 Å². The molecule has 0 bridgehead atoms. The number of hydrogen-bond acceptors (Lipinski definition) is 3. The number of nitrogens with zero attached hydrogens (tertiary/aromatic N) is 1. The predicted molar refractivity (Wildman–Crippen MR) is 125 cm³/mol. The zero-order chi connectivity index (χ0) is 21.9. The van der Waals surface area contributed by atoms with Gasteiger partial charge in [-0.2, -0.15) is 0 Å². The Morgan fingerprint density at radius 3 is 1.69 bits per heavy atom. The molecule has 32 heavy (non-hydrogen) atoms. The van der Waals surface area contributed by atoms with Gasteiger partial charge in [0.25, 0.3) is 0 Å². The number of nitrogens with one attached hydrogen (secondary N) is 1. The molecule has 0 radical (unpaired) electrons. The Hall–Kier alpha value is -4.44. The van der Waals surface area contributed by atoms with Crippen molar-refractivity contribution in [2.75, 3.05) is 0 Å². The SMILES string of the molecule is O=C([O-])c1ccc(-c2nc(-c3ccccc3)c(-c3ccc(-c4ccccc4)cc3)[nH]2)cc1. The fourth-order valence-electron chi connectivity index (χ4n) is 3.75. The number of carbonyl (C=O) groups excluding carboxylic acids is 1. The van der Waals surface area contributed by atoms with Crippen molar-refractivity contribution in [3.05, 3.63) is 115 Å². The van der Waals surface area contributed by atoms with Crippen LogP contribution in [0.4, 0.5) is 0 Å². The van der Waals surface area contributed by atoms with Gasteiger partial charge in [-0.15, -0.1) is 0 Å². The van der Waals surface area contributed by atoms with Gasteiger partial charge in [-0.3, -0.25) is 0 Å². The highest BCUT2D eigenvalue weighted by molar-refractivity contribution is 5.87. The maximum Gasteiger partial charge on any atom is 0.138 e. The van der Waals surface area contributed by atoms with Crippen molar-refractivity contribution >= 4 is 5.97 Å². The van der Waals surface area contributed by atoms with Crippen LogP contribution in [0.5, 0.6) is 0 Å². The predicted octanol–water partition coefficient (Wildman–Crippen LogP) is 5.44. The molecule has 0 unspecified atom stereocenters. The summed E-state index contributed by atoms with van der Waals surface area (Å²) in [7, 11) is 0. The van der Waals surface area contributed by atoms with Gasteiger partial charge in [-0.1, -0.05) is 109 Å². The van der Waals surface area contributed by atoms with Gasteiger partial charge in [0.2, 0.25) is 0 Å². The largest absolute Gasteiger partial charge is 0.545 e. The molecule has 0 saturated carbocycles. The van der Waals surface area contributed by atoms with Gasteiger partial charge >= 0.3 is 0 Å². The Morgan fingerprint density at radius 2 is 1.09 bits per heavy atom. The van der Waals surface area contributed by atoms with E-state index in [2.05, 4.69) is 41.4 Å². The maximum absolute atomic E-state index is 11.1. The maximum atomic E-state index is 11.1. The first-order chi connectivity index (χ1) is 15.7. The molecule has 0 aliphatic carbocycles. The average Bonchev–Trinajstić information content (AvgIpc) is 3.31. The van der Waals surface area contributed by atoms with Gasteiger partial charge in [0.15, 0.2) is 0 Å². The van der Waals surface area contributed by atoms with Crippen LogP contribution in [0.1, 0.15) is 10.4 Å². The van der Waals surface area contributed by atoms with E-state index >= 15 is 0 Å². The highest BCUT2D eigenvalue weighted by Crippen LogP contribution is 2.34. The summed E-state index contributed by atoms with van der Waals surface area (Å²) in [6.07, 6.45) is 0. The molecule has 1 heterocycles. The summed E-state index contributed by atoms with van der Waals surface area (Å²) in [4.78, 5) is 19.4. The lowest BCUT2D eigenvalue weighted by Crippen LogP contribution is -2.21. The summed E-state index contributed by atoms with van der Waals surface area (Å²) in [6, 6.07) is 35.2. The van der Waals surface area contributed by atoms with E-state index in [9.17, 15) is 9.90 Å². The van der Waals surface area contributed by atoms with Gasteiger partial charge in [-0.05, 0) is 16.7 Å². The molecule has 0 amide bonds. The molecule has 1 aromatic heterocycles. The summed E-state index contributed by atoms with van der Waals surface area (Å²) in [6.45, 7) is 0. The first-order valence-electron chi connectivity index (χ1n) is 10.3. The molecule has 1 N–H and O–H groups in total. The second kappa shape index (κ2) is 8.36. The number of aromatic amines is 1. The number of H-pyrrole nitrogens is 1. The Morgan fingerprint density at radius 1 is 0.594 bits per heavy atom. The zero-order valence-electron chi connectivity index (χ0n) is 17.2. The van der Waals surface area contributed by atoms with Gasteiger partial charge < -0.3 is 14.9 Å². The first-order valence-corrected chi connectivity index (χ1v) is 10.3. The van der Waals surface area contributed by atoms with Crippen molar-refractivity contribution in [1.82, 2.24) is 9.97 Å². The third-order valence-corrected chi connectivity index (χ3v) is 5.43. The van der Waals surface area contributed by atoms with Crippen LogP contribution in [0.2, 0.25) is 0 Å². The lowest BCUT2D eigenvalue weighted by atomic mass is 10.0. The normalized spacial score (nSPS) is 10.8. The number of rotatable bonds is 5. The molecular formula is C28H19N2O2-. The van der Waals surface area contributed by atoms with Crippen LogP contribution in [-0.2, 0) is 0 Å². The number of aromatic carboxylic acids is 1. The topological polar surface area (TPSA) is 68.8 Å². The van der Waals surface area contributed by atoms with Gasteiger partial charge in [-0.25, -0.2) is 4.98 Å². The van der Waals surface area contributed by atoms with E-state index in [1.54, 1.807) is 12.1 Å². The van der Waals surface area contributed by atoms with Crippen LogP contribution in [-0.4, -0.2) is 15.9 Å². The fourth-order valence-corrected chi connectivity index (χ4v) is 3.75. The van der Waals surface area contributed by atoms with E-state index in [4.69, 9.17) is 4.98 Å². The number of imidazole rings is 1. The molecule has 0 aliphatic heterocycles. The van der Waals surface area contributed by atoms with E-state index in [1.165, 1.54) is 17.7 Å². The van der Waals surface area contributed by atoms with Crippen molar-refractivity contribution in [1.29, 1.82) is 0 Å². The third-order valence-electron chi connectivity index (χ3n) is 5.43. The number of carboxylic acid groups (broad SMARTS) is 1. The van der Waals surface area contributed by atoms with Gasteiger partial charge in [0.1, 0.15) is 5.82 Å². The minimum Gasteiger partial charge on any atom is -0.545 e. The second-order valence-corrected chi connectivity index (χ2v) is 7.48. The molecule has 0 atom stereocenters. The Bertz CT molecular complexity index is 1360. The van der Waals surface area contributed by atoms with Crippen molar-refractivity contribution in [3.63, 3.8) is 0 Å². The number of hydrogen-bond donors (Lipinski definition) is 1. The molecule has 0 spiro atoms. The van der Waals surface area contributed by atoms with E-state index in [-0.39, 0.29) is 5.56 Å². The van der Waals surface area contributed by atoms with Gasteiger partial charge in [0, 0.05) is 16.7 Å². The summed E-state index contributed by atoms with van der Waals surface area (Å²) < 4.78 is 0. The van der Waals surface area contributed by atoms with E-state index in [0.717, 1.165) is 33.6 Å². The molecule has 154 valence electrons. The summed E-state index contributed by atoms with van der Waals surface area (Å²) in [5.74, 6) is -0.518. The summed E-state index contributed by atoms with van der Waals surface area (Å²) >= 11 is 0. The first kappa shape index (κ1) is 19.5. The molecule has 0 aliphatic rings. The Balaban J connectivity index is 1.58. The smallest absolute Gasteiger partial charge is 0.138 e. The Kier molecular flexibility index (Phi) is 5.10. The van der Waals surface area contributed by atoms with Crippen molar-refractivity contribution < 1.29 is 9.90 Å². The summed E-state index contributed by atoms with van der Waals surface area (Å²) in [5.41, 5.74) is 7.04. The number of aromatic nitrogens is 2. The van der Waals surface area contributed by atoms with Crippen LogP contribution < -0.4 is 5.11 Å². The monoisotopic (exact) mass is 415 g/mol. The number of carbonyl (C=O) groups is 1. The van der Waals surface area contributed by atoms with Crippen molar-refractivity contribution in [3.8, 4) is 45.0 Å². The third kappa shape index (κ3) is 3.82. The van der Waals surface area contributed by atoms with Crippen molar-refractivity contribution in [2.24, 2.45) is 0 Å². The summed E-state index contributed by atoms with van der Waals surface area (Å²) in [5, 5.41) is 11.1. The molecule has 4 aromatic carbocycles. The average molecular weight is 415 g/mol. The minimum absolute atomic E-state index is 0.139. The molecule has 0 saturated heterocycles. The molecular weight excluding hydrogens is 396 g/mol. The van der Waals surface area contributed by atoms with E-state index < -0.39 is 5.97 Å². The molecule has 5 rings (SSSR count). The van der Waals surface area contributed by atoms with Crippen molar-refractivity contribution in [2.45, 2.75) is 0 Å². The quantitative estimate of drug-likeness (QED) is 0.415. The fraction of sp³-hybridized carbons (Fsp3) is 0. The van der Waals surface area contributed by atoms with E-state index in [1.807, 2.05) is 48.5 Å². The Labute approximate surface area is 185 Å². The second-order valence-electron chi connectivity index (χ2n) is 7.48. The minimum atomic E-state index is -1.19. The molecule has 4 nitrogen and oxygen atoms in total. The zero-order valence-corrected chi connectivity index (χ0v) is 17.2. The highest BCUT2D eigenvalue weighted by atomic mass is 16.4. The molecule has 4 heteroatoms. The molecule has 5 aromatic rings. The highest BCUT2D eigenvalue weighted by Gasteiger charge is 2.15. The van der Waals surface area contributed by atoms with Crippen LogP contribution in [0.15, 0.2) is 109 Å². The van der Waals surface area contributed by atoms with Crippen LogP contribution in [0.3, 0.4) is 0 Å². The lowest BCUT2D eigenvalue weighted by Gasteiger charge is -2.06. The lowest BCUT2D eigenvalue weighted by molar-refractivity contribution is -0.255. The van der Waals surface area contributed by atoms with Crippen LogP contribution in [0.25, 0.3) is 45.0 Å². The standard InChI is InChI=1S/C28H20N2O2/c31-28(32)24-17-15-23(16-18-24)27-29-25(21-9-5-2-6-10-21)26(30-27)22-13-11-20(12-14-22)19-7-3-1-4-8-19/h1-18H,(H,29,30)(H,31,32)/p-1.